The topological polar surface area (TPSA) is 120 Å². The maximum absolute atomic E-state index is 13.1. The van der Waals surface area contributed by atoms with Crippen LogP contribution in [0.4, 0.5) is 0 Å². The molecule has 3 aromatic rings. The summed E-state index contributed by atoms with van der Waals surface area (Å²) < 4.78 is 3.47. The first-order valence-electron chi connectivity index (χ1n) is 10.7. The van der Waals surface area contributed by atoms with E-state index in [0.717, 1.165) is 10.1 Å². The lowest BCUT2D eigenvalue weighted by Gasteiger charge is -2.17. The molecule has 0 bridgehead atoms. The van der Waals surface area contributed by atoms with E-state index in [1.807, 2.05) is 6.07 Å². The van der Waals surface area contributed by atoms with Gasteiger partial charge in [0.25, 0.3) is 5.56 Å². The highest BCUT2D eigenvalue weighted by atomic mass is 35.5. The molecular formula is C22H22Cl2N6O4S. The maximum atomic E-state index is 13.1. The number of amides is 1. The molecule has 1 amide bonds. The van der Waals surface area contributed by atoms with E-state index in [2.05, 4.69) is 15.6 Å². The molecule has 4 rings (SSSR count). The van der Waals surface area contributed by atoms with Crippen LogP contribution < -0.4 is 21.9 Å². The fraction of sp³-hybridized carbons (Fsp3) is 0.318. The molecule has 0 aliphatic carbocycles. The van der Waals surface area contributed by atoms with E-state index < -0.39 is 23.2 Å². The van der Waals surface area contributed by atoms with E-state index in [4.69, 9.17) is 23.2 Å². The van der Waals surface area contributed by atoms with Gasteiger partial charge in [0.05, 0.1) is 22.9 Å². The molecule has 10 nitrogen and oxygen atoms in total. The number of imidazole rings is 1. The molecule has 184 valence electrons. The van der Waals surface area contributed by atoms with Crippen molar-refractivity contribution in [1.82, 2.24) is 29.3 Å². The minimum atomic E-state index is -0.836. The quantitative estimate of drug-likeness (QED) is 0.476. The van der Waals surface area contributed by atoms with Crippen molar-refractivity contribution in [1.29, 1.82) is 0 Å². The lowest BCUT2D eigenvalue weighted by atomic mass is 10.2. The number of ketones is 1. The molecule has 0 saturated carbocycles. The third kappa shape index (κ3) is 4.75. The molecule has 2 aromatic heterocycles. The summed E-state index contributed by atoms with van der Waals surface area (Å²) in [6.45, 7) is 2.93. The summed E-state index contributed by atoms with van der Waals surface area (Å²) in [5.41, 5.74) is -0.224. The molecule has 1 aliphatic rings. The zero-order chi connectivity index (χ0) is 25.4. The molecule has 2 atom stereocenters. The molecule has 1 unspecified atom stereocenters. The molecule has 0 fully saturated rings. The van der Waals surface area contributed by atoms with Crippen LogP contribution in [0.15, 0.2) is 45.3 Å². The van der Waals surface area contributed by atoms with Gasteiger partial charge in [-0.1, -0.05) is 36.2 Å². The number of nitrogens with one attached hydrogen (secondary N) is 2. The van der Waals surface area contributed by atoms with Crippen LogP contribution >= 0.6 is 35.0 Å². The van der Waals surface area contributed by atoms with Crippen LogP contribution in [0.2, 0.25) is 10.0 Å². The molecule has 13 heteroatoms. The Morgan fingerprint density at radius 2 is 2.00 bits per heavy atom. The van der Waals surface area contributed by atoms with Crippen LogP contribution in [0.25, 0.3) is 11.2 Å². The highest BCUT2D eigenvalue weighted by molar-refractivity contribution is 8.02. The second-order valence-electron chi connectivity index (χ2n) is 7.98. The number of carbonyl (C=O) groups is 2. The Hall–Kier alpha value is -3.02. The maximum Gasteiger partial charge on any atom is 0.332 e. The number of hydrogen-bond acceptors (Lipinski definition) is 7. The number of Topliss-reactive ketones (excluding diaryl/α,β-unsaturated/α-hetero) is 1. The minimum absolute atomic E-state index is 0.0649. The van der Waals surface area contributed by atoms with Crippen LogP contribution in [0.1, 0.15) is 37.2 Å². The Balaban J connectivity index is 1.56. The van der Waals surface area contributed by atoms with E-state index in [9.17, 15) is 19.2 Å². The standard InChI is InChI=1S/C22H22Cl2N6O4S/c1-4-13(31)8-29-21(33)17-18(28(3)22(29)34)25-10-30(17)11(2)19(32)26-16-9-35-20(27-16)12-5-6-14(23)15(24)7-12/h5-7,9-11,20,27H,4,8H2,1-3H3,(H,26,32)/t11-,20?/m0/s1. The summed E-state index contributed by atoms with van der Waals surface area (Å²) in [4.78, 5) is 54.9. The summed E-state index contributed by atoms with van der Waals surface area (Å²) in [5, 5.41) is 8.51. The molecule has 0 saturated heterocycles. The van der Waals surface area contributed by atoms with Crippen molar-refractivity contribution in [2.75, 3.05) is 0 Å². The number of carbonyl (C=O) groups excluding carboxylic acids is 2. The number of fused-ring (bicyclic) bond motifs is 1. The Morgan fingerprint density at radius 3 is 2.69 bits per heavy atom. The third-order valence-electron chi connectivity index (χ3n) is 5.70. The number of thioether (sulfide) groups is 1. The summed E-state index contributed by atoms with van der Waals surface area (Å²) in [7, 11) is 1.47. The first-order chi connectivity index (χ1) is 16.6. The van der Waals surface area contributed by atoms with Crippen LogP contribution in [0.5, 0.6) is 0 Å². The van der Waals surface area contributed by atoms with Gasteiger partial charge in [-0.25, -0.2) is 9.78 Å². The lowest BCUT2D eigenvalue weighted by Crippen LogP contribution is -2.42. The van der Waals surface area contributed by atoms with Gasteiger partial charge in [0.1, 0.15) is 17.2 Å². The number of rotatable bonds is 7. The smallest absolute Gasteiger partial charge is 0.332 e. The van der Waals surface area contributed by atoms with Crippen molar-refractivity contribution in [3.63, 3.8) is 0 Å². The Morgan fingerprint density at radius 1 is 1.26 bits per heavy atom. The molecule has 0 radical (unpaired) electrons. The molecule has 35 heavy (non-hydrogen) atoms. The van der Waals surface area contributed by atoms with Crippen molar-refractivity contribution in [3.8, 4) is 0 Å². The van der Waals surface area contributed by atoms with Crippen molar-refractivity contribution in [2.24, 2.45) is 7.05 Å². The molecule has 3 heterocycles. The van der Waals surface area contributed by atoms with Crippen molar-refractivity contribution < 1.29 is 9.59 Å². The molecule has 1 aromatic carbocycles. The predicted molar refractivity (Wildman–Crippen MR) is 135 cm³/mol. The fourth-order valence-corrected chi connectivity index (χ4v) is 4.83. The van der Waals surface area contributed by atoms with Crippen molar-refractivity contribution in [3.05, 3.63) is 72.2 Å². The number of aryl methyl sites for hydroxylation is 1. The molecular weight excluding hydrogens is 515 g/mol. The van der Waals surface area contributed by atoms with E-state index >= 15 is 0 Å². The number of halogens is 2. The van der Waals surface area contributed by atoms with Crippen LogP contribution in [0, 0.1) is 0 Å². The highest BCUT2D eigenvalue weighted by Crippen LogP contribution is 2.36. The first kappa shape index (κ1) is 25.1. The van der Waals surface area contributed by atoms with E-state index in [-0.39, 0.29) is 35.3 Å². The van der Waals surface area contributed by atoms with E-state index in [0.29, 0.717) is 15.9 Å². The molecule has 2 N–H and O–H groups in total. The SMILES string of the molecule is CCC(=O)Cn1c(=O)c2c(ncn2[C@@H](C)C(=O)NC2=CSC(c3ccc(Cl)c(Cl)c3)N2)n(C)c1=O. The molecule has 1 aliphatic heterocycles. The fourth-order valence-electron chi connectivity index (χ4n) is 3.62. The Bertz CT molecular complexity index is 1490. The average Bonchev–Trinajstić information content (AvgIpc) is 3.49. The van der Waals surface area contributed by atoms with E-state index in [1.165, 1.54) is 34.3 Å². The van der Waals surface area contributed by atoms with Gasteiger partial charge in [-0.05, 0) is 24.6 Å². The summed E-state index contributed by atoms with van der Waals surface area (Å²) in [5.74, 6) is -0.165. The van der Waals surface area contributed by atoms with Crippen LogP contribution in [-0.4, -0.2) is 30.4 Å². The third-order valence-corrected chi connectivity index (χ3v) is 7.47. The Labute approximate surface area is 213 Å². The van der Waals surface area contributed by atoms with Crippen LogP contribution in [0.3, 0.4) is 0 Å². The largest absolute Gasteiger partial charge is 0.355 e. The van der Waals surface area contributed by atoms with Gasteiger partial charge in [-0.3, -0.25) is 23.5 Å². The zero-order valence-electron chi connectivity index (χ0n) is 19.0. The zero-order valence-corrected chi connectivity index (χ0v) is 21.4. The van der Waals surface area contributed by atoms with Gasteiger partial charge in [0, 0.05) is 18.9 Å². The van der Waals surface area contributed by atoms with Gasteiger partial charge in [0.2, 0.25) is 5.91 Å². The summed E-state index contributed by atoms with van der Waals surface area (Å²) in [6.07, 6.45) is 1.53. The lowest BCUT2D eigenvalue weighted by molar-refractivity contribution is -0.123. The van der Waals surface area contributed by atoms with Crippen molar-refractivity contribution >= 4 is 57.8 Å². The van der Waals surface area contributed by atoms with Crippen LogP contribution in [-0.2, 0) is 23.2 Å². The first-order valence-corrected chi connectivity index (χ1v) is 12.4. The Kier molecular flexibility index (Phi) is 7.11. The average molecular weight is 537 g/mol. The highest BCUT2D eigenvalue weighted by Gasteiger charge is 2.26. The van der Waals surface area contributed by atoms with Gasteiger partial charge in [-0.15, -0.1) is 11.8 Å². The number of benzene rings is 1. The van der Waals surface area contributed by atoms with Gasteiger partial charge in [-0.2, -0.15) is 0 Å². The monoisotopic (exact) mass is 536 g/mol. The number of aromatic nitrogens is 4. The molecule has 0 spiro atoms. The van der Waals surface area contributed by atoms with Gasteiger partial charge < -0.3 is 15.2 Å². The minimum Gasteiger partial charge on any atom is -0.355 e. The van der Waals surface area contributed by atoms with Gasteiger partial charge >= 0.3 is 5.69 Å². The number of nitrogens with zero attached hydrogens (tertiary/aromatic N) is 4. The van der Waals surface area contributed by atoms with E-state index in [1.54, 1.807) is 31.4 Å². The second-order valence-corrected chi connectivity index (χ2v) is 9.77. The predicted octanol–water partition coefficient (Wildman–Crippen LogP) is 2.69. The summed E-state index contributed by atoms with van der Waals surface area (Å²) in [6, 6.07) is 4.47. The summed E-state index contributed by atoms with van der Waals surface area (Å²) >= 11 is 13.5. The van der Waals surface area contributed by atoms with Gasteiger partial charge in [0.15, 0.2) is 16.9 Å². The normalized spacial score (nSPS) is 16.1. The second kappa shape index (κ2) is 9.92. The van der Waals surface area contributed by atoms with Crippen molar-refractivity contribution in [2.45, 2.75) is 38.2 Å². The number of hydrogen-bond donors (Lipinski definition) is 2.